The van der Waals surface area contributed by atoms with E-state index < -0.39 is 0 Å². The summed E-state index contributed by atoms with van der Waals surface area (Å²) in [6.45, 7) is 0. The fourth-order valence-corrected chi connectivity index (χ4v) is 4.26. The summed E-state index contributed by atoms with van der Waals surface area (Å²) >= 11 is 0. The quantitative estimate of drug-likeness (QED) is 0.515. The van der Waals surface area contributed by atoms with Gasteiger partial charge in [0, 0.05) is 0 Å². The van der Waals surface area contributed by atoms with Gasteiger partial charge < -0.3 is 4.74 Å². The molecule has 0 aromatic heterocycles. The fourth-order valence-electron chi connectivity index (χ4n) is 4.26. The van der Waals surface area contributed by atoms with E-state index in [0.29, 0.717) is 5.56 Å². The monoisotopic (exact) mass is 364 g/mol. The minimum absolute atomic E-state index is 0.0211. The molecule has 3 aromatic carbocycles. The summed E-state index contributed by atoms with van der Waals surface area (Å²) in [5, 5.41) is 0. The van der Waals surface area contributed by atoms with E-state index in [1.54, 1.807) is 12.1 Å². The predicted octanol–water partition coefficient (Wildman–Crippen LogP) is 6.23. The minimum atomic E-state index is -0.297. The number of hydrogen-bond donors (Lipinski definition) is 0. The van der Waals surface area contributed by atoms with E-state index >= 15 is 0 Å². The molecule has 0 saturated heterocycles. The Balaban J connectivity index is 1.63. The third-order valence-corrected chi connectivity index (χ3v) is 5.58. The van der Waals surface area contributed by atoms with Crippen molar-refractivity contribution in [3.8, 4) is 0 Å². The van der Waals surface area contributed by atoms with Gasteiger partial charge in [-0.25, -0.2) is 4.79 Å². The molecule has 3 aromatic rings. The van der Waals surface area contributed by atoms with Gasteiger partial charge in [-0.2, -0.15) is 0 Å². The zero-order valence-corrected chi connectivity index (χ0v) is 15.5. The molecule has 1 atom stereocenters. The molecule has 136 valence electrons. The molecule has 28 heavy (non-hydrogen) atoms. The smallest absolute Gasteiger partial charge is 0.343 e. The maximum Gasteiger partial charge on any atom is 0.343 e. The molecule has 1 unspecified atom stereocenters. The van der Waals surface area contributed by atoms with Gasteiger partial charge in [0.15, 0.2) is 0 Å². The number of hydrogen-bond acceptors (Lipinski definition) is 2. The molecule has 2 aliphatic rings. The molecule has 0 bridgehead atoms. The van der Waals surface area contributed by atoms with Crippen LogP contribution in [0.3, 0.4) is 0 Å². The number of benzene rings is 3. The second kappa shape index (κ2) is 6.97. The molecule has 0 saturated carbocycles. The summed E-state index contributed by atoms with van der Waals surface area (Å²) in [5.74, 6) is 0.505. The summed E-state index contributed by atoms with van der Waals surface area (Å²) in [7, 11) is 0. The van der Waals surface area contributed by atoms with Gasteiger partial charge in [-0.05, 0) is 47.2 Å². The van der Waals surface area contributed by atoms with Crippen LogP contribution >= 0.6 is 0 Å². The normalized spacial score (nSPS) is 17.6. The van der Waals surface area contributed by atoms with Crippen LogP contribution in [0.25, 0.3) is 11.6 Å². The number of carbonyl (C=O) groups is 1. The van der Waals surface area contributed by atoms with Gasteiger partial charge >= 0.3 is 5.97 Å². The summed E-state index contributed by atoms with van der Waals surface area (Å²) in [6.07, 6.45) is 4.12. The molecule has 0 fully saturated rings. The third kappa shape index (κ3) is 2.87. The Morgan fingerprint density at radius 2 is 1.46 bits per heavy atom. The van der Waals surface area contributed by atoms with Crippen molar-refractivity contribution in [2.45, 2.75) is 18.8 Å². The molecule has 0 radical (unpaired) electrons. The van der Waals surface area contributed by atoms with Crippen LogP contribution in [0.15, 0.2) is 96.3 Å². The van der Waals surface area contributed by atoms with Gasteiger partial charge in [-0.3, -0.25) is 0 Å². The summed E-state index contributed by atoms with van der Waals surface area (Å²) < 4.78 is 6.12. The van der Waals surface area contributed by atoms with E-state index in [4.69, 9.17) is 4.74 Å². The maximum atomic E-state index is 12.9. The first-order chi connectivity index (χ1) is 13.8. The topological polar surface area (TPSA) is 26.3 Å². The average molecular weight is 364 g/mol. The van der Waals surface area contributed by atoms with Crippen molar-refractivity contribution in [3.05, 3.63) is 119 Å². The molecule has 2 heteroatoms. The number of rotatable bonds is 3. The van der Waals surface area contributed by atoms with Crippen molar-refractivity contribution < 1.29 is 9.53 Å². The Morgan fingerprint density at radius 1 is 0.786 bits per heavy atom. The second-order valence-electron chi connectivity index (χ2n) is 7.25. The average Bonchev–Trinajstić information content (AvgIpc) is 3.14. The number of ether oxygens (including phenoxy) is 1. The van der Waals surface area contributed by atoms with Crippen molar-refractivity contribution in [2.24, 2.45) is 0 Å². The van der Waals surface area contributed by atoms with Crippen LogP contribution in [0.2, 0.25) is 0 Å². The lowest BCUT2D eigenvalue weighted by Crippen LogP contribution is -2.17. The molecule has 2 nitrogen and oxygen atoms in total. The number of esters is 1. The lowest BCUT2D eigenvalue weighted by Gasteiger charge is -2.28. The molecule has 0 N–H and O–H groups in total. The highest BCUT2D eigenvalue weighted by Gasteiger charge is 2.36. The first-order valence-corrected chi connectivity index (χ1v) is 9.66. The summed E-state index contributed by atoms with van der Waals surface area (Å²) in [5.41, 5.74) is 6.61. The molecular formula is C26H20O2. The van der Waals surface area contributed by atoms with Gasteiger partial charge in [0.25, 0.3) is 0 Å². The van der Waals surface area contributed by atoms with Crippen molar-refractivity contribution >= 4 is 17.6 Å². The molecule has 2 aliphatic carbocycles. The molecule has 0 aliphatic heterocycles. The molecule has 5 rings (SSSR count). The summed E-state index contributed by atoms with van der Waals surface area (Å²) in [6, 6.07) is 27.9. The molecule has 0 heterocycles. The van der Waals surface area contributed by atoms with E-state index in [-0.39, 0.29) is 11.9 Å². The van der Waals surface area contributed by atoms with Crippen LogP contribution in [0, 0.1) is 0 Å². The zero-order valence-electron chi connectivity index (χ0n) is 15.5. The van der Waals surface area contributed by atoms with E-state index in [1.165, 1.54) is 16.7 Å². The van der Waals surface area contributed by atoms with Crippen molar-refractivity contribution in [2.75, 3.05) is 0 Å². The van der Waals surface area contributed by atoms with E-state index in [2.05, 4.69) is 42.5 Å². The largest absolute Gasteiger partial charge is 0.426 e. The summed E-state index contributed by atoms with van der Waals surface area (Å²) in [4.78, 5) is 12.9. The van der Waals surface area contributed by atoms with E-state index in [0.717, 1.165) is 29.7 Å². The predicted molar refractivity (Wildman–Crippen MR) is 112 cm³/mol. The highest BCUT2D eigenvalue weighted by molar-refractivity contribution is 5.91. The molecule has 0 amide bonds. The van der Waals surface area contributed by atoms with Crippen LogP contribution < -0.4 is 0 Å². The SMILES string of the molecule is O=C(OC1=C(c2ccccc2)CCC2=Cc3ccccc3C21)c1ccccc1. The van der Waals surface area contributed by atoms with Gasteiger partial charge in [-0.1, -0.05) is 84.4 Å². The molecular weight excluding hydrogens is 344 g/mol. The van der Waals surface area contributed by atoms with Crippen molar-refractivity contribution in [3.63, 3.8) is 0 Å². The van der Waals surface area contributed by atoms with Crippen LogP contribution in [0.1, 0.15) is 45.8 Å². The van der Waals surface area contributed by atoms with E-state index in [1.807, 2.05) is 36.4 Å². The van der Waals surface area contributed by atoms with Gasteiger partial charge in [0.2, 0.25) is 0 Å². The Morgan fingerprint density at radius 3 is 2.25 bits per heavy atom. The van der Waals surface area contributed by atoms with Crippen molar-refractivity contribution in [1.29, 1.82) is 0 Å². The third-order valence-electron chi connectivity index (χ3n) is 5.58. The lowest BCUT2D eigenvalue weighted by molar-refractivity contribution is 0.0609. The molecule has 0 spiro atoms. The Bertz CT molecular complexity index is 1090. The first kappa shape index (κ1) is 16.8. The zero-order chi connectivity index (χ0) is 18.9. The standard InChI is InChI=1S/C26H20O2/c27-26(19-11-5-2-6-12-19)28-25-23(18-9-3-1-4-10-18)16-15-21-17-20-13-7-8-14-22(20)24(21)25/h1-14,17,24H,15-16H2. The maximum absolute atomic E-state index is 12.9. The lowest BCUT2D eigenvalue weighted by atomic mass is 9.80. The minimum Gasteiger partial charge on any atom is -0.426 e. The van der Waals surface area contributed by atoms with Gasteiger partial charge in [-0.15, -0.1) is 0 Å². The van der Waals surface area contributed by atoms with Gasteiger partial charge in [0.1, 0.15) is 5.76 Å². The Kier molecular flexibility index (Phi) is 4.17. The van der Waals surface area contributed by atoms with Crippen LogP contribution in [0.4, 0.5) is 0 Å². The highest BCUT2D eigenvalue weighted by atomic mass is 16.5. The van der Waals surface area contributed by atoms with Crippen LogP contribution in [-0.2, 0) is 4.74 Å². The van der Waals surface area contributed by atoms with Crippen molar-refractivity contribution in [1.82, 2.24) is 0 Å². The highest BCUT2D eigenvalue weighted by Crippen LogP contribution is 2.50. The second-order valence-corrected chi connectivity index (χ2v) is 7.25. The van der Waals surface area contributed by atoms with E-state index in [9.17, 15) is 4.79 Å². The van der Waals surface area contributed by atoms with Crippen LogP contribution in [0.5, 0.6) is 0 Å². The van der Waals surface area contributed by atoms with Gasteiger partial charge in [0.05, 0.1) is 11.5 Å². The first-order valence-electron chi connectivity index (χ1n) is 9.66. The Hall–Kier alpha value is -3.39. The Labute approximate surface area is 164 Å². The van der Waals surface area contributed by atoms with Crippen LogP contribution in [-0.4, -0.2) is 5.97 Å². The number of allylic oxidation sites excluding steroid dienone is 2. The fraction of sp³-hybridized carbons (Fsp3) is 0.115. The number of carbonyl (C=O) groups excluding carboxylic acids is 1. The number of fused-ring (bicyclic) bond motifs is 3.